The van der Waals surface area contributed by atoms with E-state index in [0.29, 0.717) is 36.8 Å². The average Bonchev–Trinajstić information content (AvgIpc) is 3.36. The van der Waals surface area contributed by atoms with Gasteiger partial charge >= 0.3 is 18.2 Å². The molecule has 0 heterocycles. The molecule has 156 valence electrons. The van der Waals surface area contributed by atoms with E-state index in [9.17, 15) is 14.4 Å². The molecule has 0 aliphatic heterocycles. The van der Waals surface area contributed by atoms with Crippen molar-refractivity contribution in [2.75, 3.05) is 27.0 Å². The molecule has 0 aromatic heterocycles. The van der Waals surface area contributed by atoms with Crippen LogP contribution in [0.1, 0.15) is 32.6 Å². The van der Waals surface area contributed by atoms with Crippen molar-refractivity contribution < 1.29 is 28.6 Å². The highest BCUT2D eigenvalue weighted by Crippen LogP contribution is 2.62. The van der Waals surface area contributed by atoms with Crippen LogP contribution in [-0.2, 0) is 19.0 Å². The second-order valence-corrected chi connectivity index (χ2v) is 8.25. The van der Waals surface area contributed by atoms with Crippen molar-refractivity contribution >= 4 is 18.2 Å². The molecule has 6 unspecified atom stereocenters. The van der Waals surface area contributed by atoms with Gasteiger partial charge in [0.25, 0.3) is 0 Å². The lowest BCUT2D eigenvalue weighted by molar-refractivity contribution is -0.146. The first-order valence-corrected chi connectivity index (χ1v) is 9.95. The predicted molar refractivity (Wildman–Crippen MR) is 100 cm³/mol. The van der Waals surface area contributed by atoms with Gasteiger partial charge in [0.15, 0.2) is 0 Å². The topological polar surface area (TPSA) is 103 Å². The Morgan fingerprint density at radius 2 is 1.68 bits per heavy atom. The number of nitrogens with one attached hydrogen (secondary N) is 2. The normalized spacial score (nSPS) is 32.4. The Kier molecular flexibility index (Phi) is 6.46. The molecule has 2 N–H and O–H groups in total. The third-order valence-corrected chi connectivity index (χ3v) is 6.73. The molecule has 8 nitrogen and oxygen atoms in total. The van der Waals surface area contributed by atoms with E-state index in [0.717, 1.165) is 18.3 Å². The van der Waals surface area contributed by atoms with Gasteiger partial charge in [-0.3, -0.25) is 0 Å². The van der Waals surface area contributed by atoms with Crippen LogP contribution in [0.2, 0.25) is 0 Å². The Hall–Kier alpha value is -2.25. The number of esters is 1. The lowest BCUT2D eigenvalue weighted by Gasteiger charge is -2.34. The van der Waals surface area contributed by atoms with Crippen LogP contribution in [-0.4, -0.2) is 45.1 Å². The number of carbonyl (C=O) groups excluding carboxylic acids is 3. The fourth-order valence-electron chi connectivity index (χ4n) is 5.67. The van der Waals surface area contributed by atoms with Gasteiger partial charge in [0.05, 0.1) is 7.11 Å². The number of fused-ring (bicyclic) bond motifs is 5. The molecule has 6 atom stereocenters. The van der Waals surface area contributed by atoms with Crippen LogP contribution in [0.3, 0.4) is 0 Å². The van der Waals surface area contributed by atoms with E-state index in [4.69, 9.17) is 9.47 Å². The molecular formula is C20H30N2O6. The van der Waals surface area contributed by atoms with Gasteiger partial charge in [-0.2, -0.15) is 0 Å². The van der Waals surface area contributed by atoms with Gasteiger partial charge in [-0.1, -0.05) is 6.58 Å². The maximum Gasteiger partial charge on any atom is 0.410 e. The van der Waals surface area contributed by atoms with Crippen molar-refractivity contribution in [1.82, 2.24) is 10.6 Å². The van der Waals surface area contributed by atoms with E-state index in [1.54, 1.807) is 0 Å². The van der Waals surface area contributed by atoms with Gasteiger partial charge in [-0.25, -0.2) is 14.4 Å². The van der Waals surface area contributed by atoms with Crippen LogP contribution in [0.5, 0.6) is 0 Å². The highest BCUT2D eigenvalue weighted by Gasteiger charge is 2.56. The number of hydrogen-bond donors (Lipinski definition) is 2. The Labute approximate surface area is 165 Å². The predicted octanol–water partition coefficient (Wildman–Crippen LogP) is 2.44. The third-order valence-electron chi connectivity index (χ3n) is 6.73. The molecule has 3 aliphatic carbocycles. The van der Waals surface area contributed by atoms with Gasteiger partial charge in [0.1, 0.15) is 0 Å². The molecule has 0 saturated heterocycles. The Morgan fingerprint density at radius 1 is 0.964 bits per heavy atom. The fourth-order valence-corrected chi connectivity index (χ4v) is 5.67. The molecule has 2 amide bonds. The van der Waals surface area contributed by atoms with E-state index >= 15 is 0 Å². The van der Waals surface area contributed by atoms with Crippen molar-refractivity contribution in [3.8, 4) is 0 Å². The van der Waals surface area contributed by atoms with Gasteiger partial charge in [-0.05, 0) is 68.1 Å². The van der Waals surface area contributed by atoms with Crippen molar-refractivity contribution in [3.05, 3.63) is 12.2 Å². The van der Waals surface area contributed by atoms with E-state index in [1.165, 1.54) is 33.3 Å². The smallest absolute Gasteiger partial charge is 0.410 e. The summed E-state index contributed by atoms with van der Waals surface area (Å²) in [5.41, 5.74) is 0.258. The van der Waals surface area contributed by atoms with Crippen LogP contribution in [0.4, 0.5) is 9.59 Å². The SMILES string of the molecule is C=C(C)C(=O)OCOC(=O)NCC1CCC2C3CC(CNC(=O)OC)C(C3)C12. The maximum absolute atomic E-state index is 11.9. The number of amides is 2. The summed E-state index contributed by atoms with van der Waals surface area (Å²) in [6.07, 6.45) is 3.75. The first-order valence-electron chi connectivity index (χ1n) is 9.95. The zero-order valence-electron chi connectivity index (χ0n) is 16.6. The number of methoxy groups -OCH3 is 1. The van der Waals surface area contributed by atoms with Crippen molar-refractivity contribution in [3.63, 3.8) is 0 Å². The second-order valence-electron chi connectivity index (χ2n) is 8.25. The summed E-state index contributed by atoms with van der Waals surface area (Å²) in [6.45, 7) is 5.80. The molecule has 2 bridgehead atoms. The number of hydrogen-bond acceptors (Lipinski definition) is 6. The molecule has 0 aromatic rings. The summed E-state index contributed by atoms with van der Waals surface area (Å²) in [7, 11) is 1.38. The number of rotatable bonds is 7. The first-order chi connectivity index (χ1) is 13.4. The minimum Gasteiger partial charge on any atom is -0.453 e. The van der Waals surface area contributed by atoms with Crippen LogP contribution < -0.4 is 10.6 Å². The number of ether oxygens (including phenoxy) is 3. The van der Waals surface area contributed by atoms with E-state index < -0.39 is 18.9 Å². The second kappa shape index (κ2) is 8.84. The monoisotopic (exact) mass is 394 g/mol. The van der Waals surface area contributed by atoms with Gasteiger partial charge in [0.2, 0.25) is 6.79 Å². The largest absolute Gasteiger partial charge is 0.453 e. The number of alkyl carbamates (subject to hydrolysis) is 2. The Bertz CT molecular complexity index is 636. The molecule has 0 aromatic carbocycles. The molecule has 8 heteroatoms. The summed E-state index contributed by atoms with van der Waals surface area (Å²) >= 11 is 0. The van der Waals surface area contributed by atoms with Crippen molar-refractivity contribution in [2.45, 2.75) is 32.6 Å². The number of carbonyl (C=O) groups is 3. The van der Waals surface area contributed by atoms with E-state index in [1.807, 2.05) is 0 Å². The average molecular weight is 394 g/mol. The molecule has 3 aliphatic rings. The molecule has 0 radical (unpaired) electrons. The van der Waals surface area contributed by atoms with Crippen LogP contribution in [0.25, 0.3) is 0 Å². The molecule has 3 fully saturated rings. The van der Waals surface area contributed by atoms with Crippen LogP contribution in [0.15, 0.2) is 12.2 Å². The molecule has 3 rings (SSSR count). The molecule has 3 saturated carbocycles. The quantitative estimate of drug-likeness (QED) is 0.391. The molecule has 0 spiro atoms. The standard InChI is InChI=1S/C20H30N2O6/c1-11(2)18(23)27-10-28-20(25)22-8-12-4-5-15-13-6-14(9-21-19(24)26-3)16(7-13)17(12)15/h12-17H,1,4-10H2,2-3H3,(H,21,24)(H,22,25). The summed E-state index contributed by atoms with van der Waals surface area (Å²) in [6, 6.07) is 0. The maximum atomic E-state index is 11.9. The minimum atomic E-state index is -0.583. The summed E-state index contributed by atoms with van der Waals surface area (Å²) in [4.78, 5) is 34.5. The highest BCUT2D eigenvalue weighted by atomic mass is 16.7. The third kappa shape index (κ3) is 4.42. The first kappa shape index (κ1) is 20.5. The van der Waals surface area contributed by atoms with Crippen LogP contribution >= 0.6 is 0 Å². The zero-order valence-corrected chi connectivity index (χ0v) is 16.6. The summed E-state index contributed by atoms with van der Waals surface area (Å²) < 4.78 is 14.3. The van der Waals surface area contributed by atoms with Gasteiger partial charge in [-0.15, -0.1) is 0 Å². The van der Waals surface area contributed by atoms with Crippen LogP contribution in [0, 0.1) is 35.5 Å². The lowest BCUT2D eigenvalue weighted by Crippen LogP contribution is -2.39. The van der Waals surface area contributed by atoms with Crippen molar-refractivity contribution in [1.29, 1.82) is 0 Å². The van der Waals surface area contributed by atoms with Crippen molar-refractivity contribution in [2.24, 2.45) is 35.5 Å². The zero-order chi connectivity index (χ0) is 20.3. The van der Waals surface area contributed by atoms with Gasteiger partial charge in [0, 0.05) is 18.7 Å². The highest BCUT2D eigenvalue weighted by molar-refractivity contribution is 5.86. The molecular weight excluding hydrogens is 364 g/mol. The molecule has 28 heavy (non-hydrogen) atoms. The summed E-state index contributed by atoms with van der Waals surface area (Å²) in [5.74, 6) is 2.97. The van der Waals surface area contributed by atoms with Gasteiger partial charge < -0.3 is 24.8 Å². The Morgan fingerprint density at radius 3 is 2.39 bits per heavy atom. The summed E-state index contributed by atoms with van der Waals surface area (Å²) in [5, 5.41) is 5.65. The van der Waals surface area contributed by atoms with E-state index in [-0.39, 0.29) is 11.7 Å². The fraction of sp³-hybridized carbons (Fsp3) is 0.750. The Balaban J connectivity index is 1.43. The lowest BCUT2D eigenvalue weighted by atomic mass is 9.72. The van der Waals surface area contributed by atoms with E-state index in [2.05, 4.69) is 21.9 Å². The minimum absolute atomic E-state index is 0.258.